The number of rotatable bonds is 13. The van der Waals surface area contributed by atoms with Crippen molar-refractivity contribution < 1.29 is 40.9 Å². The molecular formula is C32H41F5O4. The third-order valence-corrected chi connectivity index (χ3v) is 8.50. The van der Waals surface area contributed by atoms with Gasteiger partial charge in [0.1, 0.15) is 5.75 Å². The lowest BCUT2D eigenvalue weighted by Gasteiger charge is -2.37. The van der Waals surface area contributed by atoms with Gasteiger partial charge in [-0.3, -0.25) is 0 Å². The molecule has 0 unspecified atom stereocenters. The first-order chi connectivity index (χ1) is 19.7. The van der Waals surface area contributed by atoms with Gasteiger partial charge in [-0.1, -0.05) is 32.6 Å². The highest BCUT2D eigenvalue weighted by Gasteiger charge is 2.35. The van der Waals surface area contributed by atoms with Gasteiger partial charge < -0.3 is 18.9 Å². The van der Waals surface area contributed by atoms with Gasteiger partial charge in [0.25, 0.3) is 0 Å². The Morgan fingerprint density at radius 2 is 1.27 bits per heavy atom. The molecule has 0 aliphatic heterocycles. The van der Waals surface area contributed by atoms with Crippen molar-refractivity contribution in [2.45, 2.75) is 84.2 Å². The van der Waals surface area contributed by atoms with E-state index < -0.39 is 41.7 Å². The average molecular weight is 585 g/mol. The fourth-order valence-corrected chi connectivity index (χ4v) is 6.31. The van der Waals surface area contributed by atoms with Gasteiger partial charge in [0.2, 0.25) is 11.6 Å². The van der Waals surface area contributed by atoms with Gasteiger partial charge in [-0.25, -0.2) is 4.39 Å². The molecule has 2 aliphatic rings. The molecule has 0 atom stereocenters. The van der Waals surface area contributed by atoms with Gasteiger partial charge >= 0.3 is 6.11 Å². The van der Waals surface area contributed by atoms with Gasteiger partial charge in [0.15, 0.2) is 29.7 Å². The summed E-state index contributed by atoms with van der Waals surface area (Å²) in [5.74, 6) is -2.32. The van der Waals surface area contributed by atoms with Crippen molar-refractivity contribution in [3.05, 3.63) is 47.8 Å². The molecule has 2 saturated carbocycles. The summed E-state index contributed by atoms with van der Waals surface area (Å²) in [5, 5.41) is 0. The summed E-state index contributed by atoms with van der Waals surface area (Å²) in [6.45, 7) is 2.91. The summed E-state index contributed by atoms with van der Waals surface area (Å²) >= 11 is 0. The maximum Gasteiger partial charge on any atom is 0.433 e. The molecule has 4 rings (SSSR count). The maximum absolute atomic E-state index is 14.6. The molecule has 2 aromatic rings. The first-order valence-corrected chi connectivity index (χ1v) is 14.9. The Morgan fingerprint density at radius 1 is 0.707 bits per heavy atom. The zero-order valence-corrected chi connectivity index (χ0v) is 23.9. The van der Waals surface area contributed by atoms with E-state index in [4.69, 9.17) is 14.2 Å². The van der Waals surface area contributed by atoms with Crippen molar-refractivity contribution in [3.8, 4) is 23.0 Å². The highest BCUT2D eigenvalue weighted by Crippen LogP contribution is 2.42. The Labute approximate surface area is 239 Å². The quantitative estimate of drug-likeness (QED) is 0.220. The van der Waals surface area contributed by atoms with Crippen molar-refractivity contribution in [2.75, 3.05) is 19.8 Å². The van der Waals surface area contributed by atoms with E-state index in [-0.39, 0.29) is 18.1 Å². The summed E-state index contributed by atoms with van der Waals surface area (Å²) in [7, 11) is 0. The molecule has 0 aromatic heterocycles. The predicted molar refractivity (Wildman–Crippen MR) is 146 cm³/mol. The molecule has 0 saturated heterocycles. The molecule has 0 bridgehead atoms. The van der Waals surface area contributed by atoms with Crippen LogP contribution in [0.1, 0.15) is 78.1 Å². The highest BCUT2D eigenvalue weighted by atomic mass is 19.3. The number of alkyl halides is 2. The third kappa shape index (κ3) is 8.65. The molecule has 228 valence electrons. The van der Waals surface area contributed by atoms with Crippen LogP contribution in [0.3, 0.4) is 0 Å². The highest BCUT2D eigenvalue weighted by molar-refractivity contribution is 5.35. The summed E-state index contributed by atoms with van der Waals surface area (Å²) < 4.78 is 91.3. The van der Waals surface area contributed by atoms with Crippen molar-refractivity contribution in [3.63, 3.8) is 0 Å². The van der Waals surface area contributed by atoms with E-state index >= 15 is 0 Å². The van der Waals surface area contributed by atoms with E-state index in [0.717, 1.165) is 48.8 Å². The smallest absolute Gasteiger partial charge is 0.433 e. The second-order valence-electron chi connectivity index (χ2n) is 11.4. The van der Waals surface area contributed by atoms with Crippen LogP contribution < -0.4 is 18.9 Å². The van der Waals surface area contributed by atoms with Gasteiger partial charge in [-0.05, 0) is 93.4 Å². The Morgan fingerprint density at radius 3 is 1.83 bits per heavy atom. The number of halogens is 5. The molecular weight excluding hydrogens is 543 g/mol. The van der Waals surface area contributed by atoms with Crippen LogP contribution in [0.2, 0.25) is 0 Å². The second kappa shape index (κ2) is 14.5. The monoisotopic (exact) mass is 584 g/mol. The average Bonchev–Trinajstić information content (AvgIpc) is 2.95. The summed E-state index contributed by atoms with van der Waals surface area (Å²) in [5.41, 5.74) is 0. The Balaban J connectivity index is 1.21. The maximum atomic E-state index is 14.6. The molecule has 4 nitrogen and oxygen atoms in total. The van der Waals surface area contributed by atoms with Gasteiger partial charge in [0.05, 0.1) is 13.2 Å². The molecule has 0 heterocycles. The van der Waals surface area contributed by atoms with E-state index in [9.17, 15) is 22.0 Å². The van der Waals surface area contributed by atoms with E-state index in [1.807, 2.05) is 0 Å². The van der Waals surface area contributed by atoms with Crippen molar-refractivity contribution >= 4 is 0 Å². The van der Waals surface area contributed by atoms with Crippen LogP contribution in [0.5, 0.6) is 23.0 Å². The molecule has 2 fully saturated rings. The normalized spacial score (nSPS) is 23.2. The van der Waals surface area contributed by atoms with Crippen molar-refractivity contribution in [2.24, 2.45) is 23.7 Å². The van der Waals surface area contributed by atoms with Crippen LogP contribution in [0.15, 0.2) is 30.3 Å². The van der Waals surface area contributed by atoms with Crippen LogP contribution in [-0.4, -0.2) is 25.9 Å². The van der Waals surface area contributed by atoms with E-state index in [1.54, 1.807) is 6.92 Å². The Hall–Kier alpha value is -2.71. The number of ether oxygens (including phenoxy) is 4. The lowest BCUT2D eigenvalue weighted by molar-refractivity contribution is -0.195. The predicted octanol–water partition coefficient (Wildman–Crippen LogP) is 9.34. The molecule has 0 spiro atoms. The van der Waals surface area contributed by atoms with Gasteiger partial charge in [-0.2, -0.15) is 17.6 Å². The SMILES string of the molecule is CCCC1CCC(C2CCC(COc3ccc(OC(F)(F)COc4ccc(OCC)c(F)c4F)cc3F)CC2)CC1. The lowest BCUT2D eigenvalue weighted by Crippen LogP contribution is -2.32. The largest absolute Gasteiger partial charge is 0.491 e. The first-order valence-electron chi connectivity index (χ1n) is 14.9. The van der Waals surface area contributed by atoms with E-state index in [1.165, 1.54) is 63.5 Å². The Bertz CT molecular complexity index is 1110. The van der Waals surface area contributed by atoms with Crippen LogP contribution in [0.4, 0.5) is 22.0 Å². The van der Waals surface area contributed by atoms with Crippen LogP contribution in [-0.2, 0) is 0 Å². The summed E-state index contributed by atoms with van der Waals surface area (Å²) in [6.07, 6.45) is 8.55. The summed E-state index contributed by atoms with van der Waals surface area (Å²) in [4.78, 5) is 0. The minimum atomic E-state index is -3.94. The van der Waals surface area contributed by atoms with E-state index in [0.29, 0.717) is 12.5 Å². The topological polar surface area (TPSA) is 36.9 Å². The fraction of sp³-hybridized carbons (Fsp3) is 0.625. The zero-order chi connectivity index (χ0) is 29.4. The minimum Gasteiger partial charge on any atom is -0.491 e. The fourth-order valence-electron chi connectivity index (χ4n) is 6.31. The van der Waals surface area contributed by atoms with Crippen molar-refractivity contribution in [1.82, 2.24) is 0 Å². The number of benzene rings is 2. The number of hydrogen-bond donors (Lipinski definition) is 0. The van der Waals surface area contributed by atoms with Gasteiger partial charge in [-0.15, -0.1) is 0 Å². The third-order valence-electron chi connectivity index (χ3n) is 8.50. The molecule has 0 N–H and O–H groups in total. The number of hydrogen-bond acceptors (Lipinski definition) is 4. The van der Waals surface area contributed by atoms with Crippen LogP contribution >= 0.6 is 0 Å². The molecule has 0 radical (unpaired) electrons. The van der Waals surface area contributed by atoms with Crippen molar-refractivity contribution in [1.29, 1.82) is 0 Å². The second-order valence-corrected chi connectivity index (χ2v) is 11.4. The minimum absolute atomic E-state index is 0.0276. The first kappa shape index (κ1) is 31.2. The van der Waals surface area contributed by atoms with E-state index in [2.05, 4.69) is 11.7 Å². The molecule has 9 heteroatoms. The standard InChI is InChI=1S/C32H41F5O4/c1-3-5-21-6-10-23(11-7-21)24-12-8-22(9-13-24)19-39-27-15-14-25(18-26(27)33)41-32(36,37)20-40-29-17-16-28(38-4-2)30(34)31(29)35/h14-18,21-24H,3-13,19-20H2,1-2H3. The van der Waals surface area contributed by atoms with Gasteiger partial charge in [0, 0.05) is 6.07 Å². The molecule has 41 heavy (non-hydrogen) atoms. The zero-order valence-electron chi connectivity index (χ0n) is 23.9. The van der Waals surface area contributed by atoms with Crippen LogP contribution in [0.25, 0.3) is 0 Å². The molecule has 2 aromatic carbocycles. The molecule has 0 amide bonds. The van der Waals surface area contributed by atoms with Crippen LogP contribution in [0, 0.1) is 41.1 Å². The lowest BCUT2D eigenvalue weighted by atomic mass is 9.69. The molecule has 2 aliphatic carbocycles. The summed E-state index contributed by atoms with van der Waals surface area (Å²) in [6, 6.07) is 5.30. The Kier molecular flexibility index (Phi) is 11.0.